The van der Waals surface area contributed by atoms with Gasteiger partial charge >= 0.3 is 0 Å². The van der Waals surface area contributed by atoms with Crippen molar-refractivity contribution in [3.05, 3.63) is 29.8 Å². The van der Waals surface area contributed by atoms with E-state index in [0.29, 0.717) is 0 Å². The summed E-state index contributed by atoms with van der Waals surface area (Å²) in [6.45, 7) is 3.31. The van der Waals surface area contributed by atoms with Crippen molar-refractivity contribution in [2.24, 2.45) is 5.92 Å². The molecule has 0 aromatic heterocycles. The van der Waals surface area contributed by atoms with Crippen LogP contribution >= 0.6 is 0 Å². The maximum Gasteiger partial charge on any atom is 0.0369 e. The number of nitrogens with one attached hydrogen (secondary N) is 1. The van der Waals surface area contributed by atoms with Gasteiger partial charge in [-0.05, 0) is 37.3 Å². The fourth-order valence-electron chi connectivity index (χ4n) is 1.72. The first-order valence-electron chi connectivity index (χ1n) is 5.16. The fourth-order valence-corrected chi connectivity index (χ4v) is 1.72. The zero-order valence-electron chi connectivity index (χ0n) is 8.22. The second kappa shape index (κ2) is 3.82. The van der Waals surface area contributed by atoms with E-state index < -0.39 is 0 Å². The predicted octanol–water partition coefficient (Wildman–Crippen LogP) is 3.21. The number of rotatable bonds is 3. The Labute approximate surface area is 80.2 Å². The highest BCUT2D eigenvalue weighted by atomic mass is 14.9. The largest absolute Gasteiger partial charge is 0.385 e. The van der Waals surface area contributed by atoms with Crippen LogP contribution < -0.4 is 5.32 Å². The summed E-state index contributed by atoms with van der Waals surface area (Å²) in [4.78, 5) is 0. The van der Waals surface area contributed by atoms with Gasteiger partial charge in [0.1, 0.15) is 0 Å². The van der Waals surface area contributed by atoms with Gasteiger partial charge in [-0.2, -0.15) is 0 Å². The van der Waals surface area contributed by atoms with Gasteiger partial charge in [0.2, 0.25) is 0 Å². The zero-order valence-corrected chi connectivity index (χ0v) is 8.22. The summed E-state index contributed by atoms with van der Waals surface area (Å²) in [5.41, 5.74) is 2.65. The van der Waals surface area contributed by atoms with Gasteiger partial charge in [-0.3, -0.25) is 0 Å². The molecule has 1 nitrogen and oxygen atoms in total. The Morgan fingerprint density at radius 3 is 2.69 bits per heavy atom. The molecule has 2 rings (SSSR count). The molecule has 1 aliphatic carbocycles. The van der Waals surface area contributed by atoms with E-state index in [4.69, 9.17) is 0 Å². The molecular weight excluding hydrogens is 158 g/mol. The number of aryl methyl sites for hydroxylation is 1. The first-order chi connectivity index (χ1) is 6.36. The minimum Gasteiger partial charge on any atom is -0.385 e. The Morgan fingerprint density at radius 1 is 1.31 bits per heavy atom. The van der Waals surface area contributed by atoms with Crippen LogP contribution in [0.15, 0.2) is 24.3 Å². The van der Waals surface area contributed by atoms with Crippen molar-refractivity contribution in [3.63, 3.8) is 0 Å². The van der Waals surface area contributed by atoms with Crippen LogP contribution in [0.25, 0.3) is 0 Å². The smallest absolute Gasteiger partial charge is 0.0369 e. The van der Waals surface area contributed by atoms with Gasteiger partial charge in [-0.1, -0.05) is 24.6 Å². The lowest BCUT2D eigenvalue weighted by Crippen LogP contribution is -2.21. The number of hydrogen-bond acceptors (Lipinski definition) is 1. The lowest BCUT2D eigenvalue weighted by molar-refractivity contribution is 0.333. The van der Waals surface area contributed by atoms with Crippen molar-refractivity contribution in [3.8, 4) is 0 Å². The SMILES string of the molecule is Cc1ccccc1NCC1CCC1. The van der Waals surface area contributed by atoms with Crippen molar-refractivity contribution in [1.29, 1.82) is 0 Å². The molecule has 70 valence electrons. The van der Waals surface area contributed by atoms with Crippen LogP contribution in [0, 0.1) is 12.8 Å². The van der Waals surface area contributed by atoms with E-state index in [1.807, 2.05) is 0 Å². The van der Waals surface area contributed by atoms with E-state index in [0.717, 1.165) is 12.5 Å². The van der Waals surface area contributed by atoms with Crippen molar-refractivity contribution >= 4 is 5.69 Å². The lowest BCUT2D eigenvalue weighted by Gasteiger charge is -2.26. The maximum atomic E-state index is 3.51. The summed E-state index contributed by atoms with van der Waals surface area (Å²) in [5, 5.41) is 3.51. The first kappa shape index (κ1) is 8.61. The normalized spacial score (nSPS) is 16.7. The molecule has 0 atom stereocenters. The van der Waals surface area contributed by atoms with E-state index in [1.165, 1.54) is 30.5 Å². The maximum absolute atomic E-state index is 3.51. The third kappa shape index (κ3) is 2.03. The van der Waals surface area contributed by atoms with Crippen LogP contribution in [0.2, 0.25) is 0 Å². The molecule has 0 aliphatic heterocycles. The number of hydrogen-bond donors (Lipinski definition) is 1. The summed E-state index contributed by atoms with van der Waals surface area (Å²) in [6, 6.07) is 8.50. The molecule has 1 N–H and O–H groups in total. The molecule has 1 aromatic carbocycles. The Morgan fingerprint density at radius 2 is 2.08 bits per heavy atom. The van der Waals surface area contributed by atoms with Gasteiger partial charge in [0.05, 0.1) is 0 Å². The molecule has 0 heterocycles. The summed E-state index contributed by atoms with van der Waals surface area (Å²) >= 11 is 0. The van der Waals surface area contributed by atoms with Crippen molar-refractivity contribution in [1.82, 2.24) is 0 Å². The van der Waals surface area contributed by atoms with Gasteiger partial charge in [0.25, 0.3) is 0 Å². The van der Waals surface area contributed by atoms with Crippen LogP contribution in [-0.4, -0.2) is 6.54 Å². The van der Waals surface area contributed by atoms with E-state index in [-0.39, 0.29) is 0 Å². The van der Waals surface area contributed by atoms with Crippen LogP contribution in [0.5, 0.6) is 0 Å². The van der Waals surface area contributed by atoms with Crippen LogP contribution in [-0.2, 0) is 0 Å². The molecule has 0 unspecified atom stereocenters. The molecule has 0 saturated heterocycles. The first-order valence-corrected chi connectivity index (χ1v) is 5.16. The standard InChI is InChI=1S/C12H17N/c1-10-5-2-3-8-12(10)13-9-11-6-4-7-11/h2-3,5,8,11,13H,4,6-7,9H2,1H3. The summed E-state index contributed by atoms with van der Waals surface area (Å²) in [7, 11) is 0. The number of benzene rings is 1. The average Bonchev–Trinajstić information content (AvgIpc) is 2.05. The molecule has 0 amide bonds. The molecule has 0 bridgehead atoms. The van der Waals surface area contributed by atoms with Crippen LogP contribution in [0.1, 0.15) is 24.8 Å². The summed E-state index contributed by atoms with van der Waals surface area (Å²) < 4.78 is 0. The zero-order chi connectivity index (χ0) is 9.10. The highest BCUT2D eigenvalue weighted by Gasteiger charge is 2.16. The summed E-state index contributed by atoms with van der Waals surface area (Å²) in [5.74, 6) is 0.930. The average molecular weight is 175 g/mol. The molecule has 1 fully saturated rings. The minimum absolute atomic E-state index is 0.930. The van der Waals surface area contributed by atoms with E-state index >= 15 is 0 Å². The van der Waals surface area contributed by atoms with Crippen molar-refractivity contribution in [2.45, 2.75) is 26.2 Å². The van der Waals surface area contributed by atoms with E-state index in [9.17, 15) is 0 Å². The second-order valence-corrected chi connectivity index (χ2v) is 3.99. The van der Waals surface area contributed by atoms with Crippen molar-refractivity contribution < 1.29 is 0 Å². The molecule has 0 spiro atoms. The Hall–Kier alpha value is -0.980. The Balaban J connectivity index is 1.89. The second-order valence-electron chi connectivity index (χ2n) is 3.99. The number of para-hydroxylation sites is 1. The number of anilines is 1. The minimum atomic E-state index is 0.930. The fraction of sp³-hybridized carbons (Fsp3) is 0.500. The molecule has 1 aromatic rings. The molecule has 1 aliphatic rings. The molecule has 1 heteroatoms. The van der Waals surface area contributed by atoms with Crippen LogP contribution in [0.4, 0.5) is 5.69 Å². The third-order valence-electron chi connectivity index (χ3n) is 2.95. The van der Waals surface area contributed by atoms with Gasteiger partial charge in [0, 0.05) is 12.2 Å². The third-order valence-corrected chi connectivity index (χ3v) is 2.95. The van der Waals surface area contributed by atoms with Gasteiger partial charge in [-0.15, -0.1) is 0 Å². The van der Waals surface area contributed by atoms with E-state index in [1.54, 1.807) is 0 Å². The van der Waals surface area contributed by atoms with Gasteiger partial charge in [0.15, 0.2) is 0 Å². The van der Waals surface area contributed by atoms with Crippen molar-refractivity contribution in [2.75, 3.05) is 11.9 Å². The topological polar surface area (TPSA) is 12.0 Å². The molecule has 1 saturated carbocycles. The predicted molar refractivity (Wildman–Crippen MR) is 57.0 cm³/mol. The lowest BCUT2D eigenvalue weighted by atomic mass is 9.85. The van der Waals surface area contributed by atoms with Crippen LogP contribution in [0.3, 0.4) is 0 Å². The molecule has 0 radical (unpaired) electrons. The van der Waals surface area contributed by atoms with E-state index in [2.05, 4.69) is 36.5 Å². The summed E-state index contributed by atoms with van der Waals surface area (Å²) in [6.07, 6.45) is 4.26. The van der Waals surface area contributed by atoms with Gasteiger partial charge < -0.3 is 5.32 Å². The molecule has 13 heavy (non-hydrogen) atoms. The highest BCUT2D eigenvalue weighted by molar-refractivity contribution is 5.50. The van der Waals surface area contributed by atoms with Gasteiger partial charge in [-0.25, -0.2) is 0 Å². The Bertz CT molecular complexity index is 276. The Kier molecular flexibility index (Phi) is 2.53. The monoisotopic (exact) mass is 175 g/mol. The highest BCUT2D eigenvalue weighted by Crippen LogP contribution is 2.26. The quantitative estimate of drug-likeness (QED) is 0.743. The molecular formula is C12H17N.